The van der Waals surface area contributed by atoms with Crippen molar-refractivity contribution in [3.63, 3.8) is 0 Å². The van der Waals surface area contributed by atoms with Crippen LogP contribution < -0.4 is 9.47 Å². The van der Waals surface area contributed by atoms with Gasteiger partial charge in [-0.3, -0.25) is 0 Å². The van der Waals surface area contributed by atoms with Crippen LogP contribution in [-0.4, -0.2) is 36.6 Å². The third-order valence-electron chi connectivity index (χ3n) is 3.18. The van der Waals surface area contributed by atoms with Gasteiger partial charge in [0.1, 0.15) is 11.5 Å². The van der Waals surface area contributed by atoms with Gasteiger partial charge in [-0.05, 0) is 12.1 Å². The molecule has 4 nitrogen and oxygen atoms in total. The average molecular weight is 302 g/mol. The summed E-state index contributed by atoms with van der Waals surface area (Å²) < 4.78 is 11.5. The first-order valence-corrected chi connectivity index (χ1v) is 7.52. The molecule has 0 aliphatic carbocycles. The molecule has 2 N–H and O–H groups in total. The molecule has 0 saturated carbocycles. The molecule has 0 aromatic heterocycles. The Balaban J connectivity index is 2.23. The molecule has 0 aliphatic heterocycles. The van der Waals surface area contributed by atoms with E-state index >= 15 is 0 Å². The number of aliphatic hydroxyl groups is 2. The summed E-state index contributed by atoms with van der Waals surface area (Å²) in [7, 11) is 0. The fraction of sp³-hybridized carbons (Fsp3) is 0.333. The first-order chi connectivity index (χ1) is 10.9. The van der Waals surface area contributed by atoms with Crippen molar-refractivity contribution in [2.45, 2.75) is 12.8 Å². The van der Waals surface area contributed by atoms with Crippen molar-refractivity contribution in [2.24, 2.45) is 0 Å². The van der Waals surface area contributed by atoms with E-state index in [1.165, 1.54) is 0 Å². The standard InChI is InChI=1S/C18H22O4/c19-11-5-13-21-17-9-3-1-7-15(17)16-8-2-4-10-18(16)22-14-6-12-20/h1-4,7-10,19-20H,5-6,11-14H2. The monoisotopic (exact) mass is 302 g/mol. The van der Waals surface area contributed by atoms with E-state index in [9.17, 15) is 0 Å². The molecule has 0 saturated heterocycles. The molecule has 0 bridgehead atoms. The van der Waals surface area contributed by atoms with Crippen LogP contribution in [0.25, 0.3) is 11.1 Å². The predicted molar refractivity (Wildman–Crippen MR) is 86.3 cm³/mol. The van der Waals surface area contributed by atoms with Crippen molar-refractivity contribution >= 4 is 0 Å². The van der Waals surface area contributed by atoms with Crippen LogP contribution in [0.5, 0.6) is 11.5 Å². The van der Waals surface area contributed by atoms with Crippen molar-refractivity contribution in [1.82, 2.24) is 0 Å². The second-order valence-corrected chi connectivity index (χ2v) is 4.84. The van der Waals surface area contributed by atoms with Crippen LogP contribution in [0.4, 0.5) is 0 Å². The lowest BCUT2D eigenvalue weighted by atomic mass is 10.0. The van der Waals surface area contributed by atoms with Crippen molar-refractivity contribution in [1.29, 1.82) is 0 Å². The van der Waals surface area contributed by atoms with E-state index in [1.54, 1.807) is 0 Å². The molecule has 118 valence electrons. The van der Waals surface area contributed by atoms with E-state index in [0.717, 1.165) is 22.6 Å². The lowest BCUT2D eigenvalue weighted by molar-refractivity contribution is 0.232. The fourth-order valence-electron chi connectivity index (χ4n) is 2.12. The summed E-state index contributed by atoms with van der Waals surface area (Å²) in [6.45, 7) is 1.17. The number of aliphatic hydroxyl groups excluding tert-OH is 2. The lowest BCUT2D eigenvalue weighted by Crippen LogP contribution is -2.03. The van der Waals surface area contributed by atoms with Crippen LogP contribution in [0.15, 0.2) is 48.5 Å². The molecule has 0 aliphatic rings. The number of ether oxygens (including phenoxy) is 2. The maximum Gasteiger partial charge on any atom is 0.127 e. The molecule has 0 amide bonds. The minimum Gasteiger partial charge on any atom is -0.493 e. The van der Waals surface area contributed by atoms with Gasteiger partial charge in [0.15, 0.2) is 0 Å². The van der Waals surface area contributed by atoms with Gasteiger partial charge >= 0.3 is 0 Å². The number of hydrogen-bond donors (Lipinski definition) is 2. The minimum absolute atomic E-state index is 0.114. The van der Waals surface area contributed by atoms with Crippen LogP contribution >= 0.6 is 0 Å². The Morgan fingerprint density at radius 1 is 0.636 bits per heavy atom. The van der Waals surface area contributed by atoms with Gasteiger partial charge in [0, 0.05) is 37.2 Å². The largest absolute Gasteiger partial charge is 0.493 e. The normalized spacial score (nSPS) is 10.5. The Morgan fingerprint density at radius 3 is 1.45 bits per heavy atom. The first kappa shape index (κ1) is 16.3. The molecule has 0 fully saturated rings. The maximum absolute atomic E-state index is 8.87. The average Bonchev–Trinajstić information content (AvgIpc) is 2.56. The minimum atomic E-state index is 0.114. The fourth-order valence-corrected chi connectivity index (χ4v) is 2.12. The second-order valence-electron chi connectivity index (χ2n) is 4.84. The molecular weight excluding hydrogens is 280 g/mol. The van der Waals surface area contributed by atoms with Gasteiger partial charge in [0.05, 0.1) is 13.2 Å². The molecular formula is C18H22O4. The maximum atomic E-state index is 8.87. The highest BCUT2D eigenvalue weighted by atomic mass is 16.5. The van der Waals surface area contributed by atoms with Crippen molar-refractivity contribution < 1.29 is 19.7 Å². The molecule has 2 rings (SSSR count). The summed E-state index contributed by atoms with van der Waals surface area (Å²) in [5.74, 6) is 1.54. The van der Waals surface area contributed by atoms with E-state index in [-0.39, 0.29) is 13.2 Å². The van der Waals surface area contributed by atoms with Gasteiger partial charge in [-0.15, -0.1) is 0 Å². The van der Waals surface area contributed by atoms with Gasteiger partial charge < -0.3 is 19.7 Å². The Labute approximate surface area is 130 Å². The molecule has 0 radical (unpaired) electrons. The van der Waals surface area contributed by atoms with Crippen LogP contribution in [0.1, 0.15) is 12.8 Å². The summed E-state index contributed by atoms with van der Waals surface area (Å²) in [6.07, 6.45) is 1.20. The van der Waals surface area contributed by atoms with Crippen LogP contribution in [0.2, 0.25) is 0 Å². The zero-order chi connectivity index (χ0) is 15.6. The molecule has 22 heavy (non-hydrogen) atoms. The molecule has 2 aromatic carbocycles. The molecule has 0 atom stereocenters. The quantitative estimate of drug-likeness (QED) is 0.699. The third-order valence-corrected chi connectivity index (χ3v) is 3.18. The highest BCUT2D eigenvalue weighted by molar-refractivity contribution is 5.75. The SMILES string of the molecule is OCCCOc1ccccc1-c1ccccc1OCCCO. The van der Waals surface area contributed by atoms with Gasteiger partial charge in [-0.1, -0.05) is 36.4 Å². The van der Waals surface area contributed by atoms with E-state index in [2.05, 4.69) is 0 Å². The summed E-state index contributed by atoms with van der Waals surface area (Å²) in [5.41, 5.74) is 1.92. The molecule has 0 spiro atoms. The zero-order valence-corrected chi connectivity index (χ0v) is 12.6. The summed E-state index contributed by atoms with van der Waals surface area (Å²) in [4.78, 5) is 0. The van der Waals surface area contributed by atoms with Crippen LogP contribution in [0.3, 0.4) is 0 Å². The predicted octanol–water partition coefficient (Wildman–Crippen LogP) is 2.88. The highest BCUT2D eigenvalue weighted by Crippen LogP contribution is 2.36. The Morgan fingerprint density at radius 2 is 1.05 bits per heavy atom. The Hall–Kier alpha value is -2.04. The molecule has 0 heterocycles. The van der Waals surface area contributed by atoms with E-state index in [0.29, 0.717) is 26.1 Å². The lowest BCUT2D eigenvalue weighted by Gasteiger charge is -2.15. The van der Waals surface area contributed by atoms with Gasteiger partial charge in [0.25, 0.3) is 0 Å². The third kappa shape index (κ3) is 4.48. The first-order valence-electron chi connectivity index (χ1n) is 7.52. The number of rotatable bonds is 9. The summed E-state index contributed by atoms with van der Waals surface area (Å²) in [6, 6.07) is 15.6. The molecule has 4 heteroatoms. The smallest absolute Gasteiger partial charge is 0.127 e. The van der Waals surface area contributed by atoms with E-state index in [1.807, 2.05) is 48.5 Å². The van der Waals surface area contributed by atoms with E-state index in [4.69, 9.17) is 19.7 Å². The van der Waals surface area contributed by atoms with Crippen molar-refractivity contribution in [2.75, 3.05) is 26.4 Å². The van der Waals surface area contributed by atoms with Gasteiger partial charge in [-0.2, -0.15) is 0 Å². The summed E-state index contributed by atoms with van der Waals surface area (Å²) >= 11 is 0. The van der Waals surface area contributed by atoms with E-state index < -0.39 is 0 Å². The Kier molecular flexibility index (Phi) is 6.74. The van der Waals surface area contributed by atoms with Gasteiger partial charge in [-0.25, -0.2) is 0 Å². The summed E-state index contributed by atoms with van der Waals surface area (Å²) in [5, 5.41) is 17.7. The number of benzene rings is 2. The zero-order valence-electron chi connectivity index (χ0n) is 12.6. The van der Waals surface area contributed by atoms with Crippen molar-refractivity contribution in [3.8, 4) is 22.6 Å². The highest BCUT2D eigenvalue weighted by Gasteiger charge is 2.11. The van der Waals surface area contributed by atoms with Gasteiger partial charge in [0.2, 0.25) is 0 Å². The van der Waals surface area contributed by atoms with Crippen LogP contribution in [-0.2, 0) is 0 Å². The number of hydrogen-bond acceptors (Lipinski definition) is 4. The Bertz CT molecular complexity index is 517. The molecule has 0 unspecified atom stereocenters. The van der Waals surface area contributed by atoms with Crippen LogP contribution in [0, 0.1) is 0 Å². The topological polar surface area (TPSA) is 58.9 Å². The number of para-hydroxylation sites is 2. The van der Waals surface area contributed by atoms with Crippen molar-refractivity contribution in [3.05, 3.63) is 48.5 Å². The second kappa shape index (κ2) is 9.07. The molecule has 2 aromatic rings.